The van der Waals surface area contributed by atoms with Gasteiger partial charge in [0, 0.05) is 12.0 Å². The Morgan fingerprint density at radius 2 is 2.28 bits per heavy atom. The van der Waals surface area contributed by atoms with E-state index in [2.05, 4.69) is 6.58 Å². The van der Waals surface area contributed by atoms with Gasteiger partial charge in [0.1, 0.15) is 6.10 Å². The van der Waals surface area contributed by atoms with E-state index in [9.17, 15) is 9.59 Å². The smallest absolute Gasteiger partial charge is 0.334 e. The molecule has 1 atom stereocenters. The molecule has 1 heterocycles. The van der Waals surface area contributed by atoms with Gasteiger partial charge in [-0.15, -0.1) is 0 Å². The summed E-state index contributed by atoms with van der Waals surface area (Å²) in [5.41, 5.74) is 1.01. The lowest BCUT2D eigenvalue weighted by molar-refractivity contribution is -0.141. The van der Waals surface area contributed by atoms with Crippen molar-refractivity contribution in [3.63, 3.8) is 0 Å². The number of carboxylic acids is 1. The number of allylic oxidation sites excluding steroid dienone is 3. The molecule has 1 N–H and O–H groups in total. The van der Waals surface area contributed by atoms with E-state index in [0.717, 1.165) is 0 Å². The fraction of sp³-hybridized carbons (Fsp3) is 0.286. The Morgan fingerprint density at radius 1 is 1.56 bits per heavy atom. The topological polar surface area (TPSA) is 63.6 Å². The Kier molecular flexibility index (Phi) is 5.11. The predicted molar refractivity (Wildman–Crippen MR) is 67.9 cm³/mol. The summed E-state index contributed by atoms with van der Waals surface area (Å²) in [5, 5.41) is 8.57. The molecule has 0 aliphatic carbocycles. The first-order valence-electron chi connectivity index (χ1n) is 5.66. The maximum atomic E-state index is 11.6. The van der Waals surface area contributed by atoms with Crippen molar-refractivity contribution in [2.24, 2.45) is 0 Å². The van der Waals surface area contributed by atoms with Gasteiger partial charge in [-0.2, -0.15) is 0 Å². The second kappa shape index (κ2) is 6.59. The van der Waals surface area contributed by atoms with Crippen LogP contribution in [0.5, 0.6) is 0 Å². The second-order valence-electron chi connectivity index (χ2n) is 3.87. The van der Waals surface area contributed by atoms with Crippen LogP contribution in [-0.2, 0) is 14.3 Å². The van der Waals surface area contributed by atoms with E-state index in [4.69, 9.17) is 9.84 Å². The molecule has 1 rings (SSSR count). The first-order valence-corrected chi connectivity index (χ1v) is 5.66. The Balaban J connectivity index is 2.71. The third kappa shape index (κ3) is 4.05. The number of esters is 1. The molecule has 0 fully saturated rings. The molecule has 0 radical (unpaired) electrons. The Morgan fingerprint density at radius 3 is 2.89 bits per heavy atom. The second-order valence-corrected chi connectivity index (χ2v) is 3.87. The van der Waals surface area contributed by atoms with Gasteiger partial charge in [-0.1, -0.05) is 24.8 Å². The summed E-state index contributed by atoms with van der Waals surface area (Å²) in [7, 11) is 0. The monoisotopic (exact) mass is 248 g/mol. The van der Waals surface area contributed by atoms with Crippen molar-refractivity contribution >= 4 is 11.9 Å². The number of rotatable bonds is 5. The van der Waals surface area contributed by atoms with Gasteiger partial charge in [0.05, 0.1) is 0 Å². The van der Waals surface area contributed by atoms with Crippen LogP contribution < -0.4 is 0 Å². The van der Waals surface area contributed by atoms with Crippen LogP contribution >= 0.6 is 0 Å². The number of carbonyl (C=O) groups is 2. The number of hydrogen-bond donors (Lipinski definition) is 1. The largest absolute Gasteiger partial charge is 0.481 e. The lowest BCUT2D eigenvalue weighted by Crippen LogP contribution is -2.24. The van der Waals surface area contributed by atoms with Gasteiger partial charge < -0.3 is 9.84 Å². The third-order valence-electron chi connectivity index (χ3n) is 2.42. The zero-order chi connectivity index (χ0) is 13.5. The average molecular weight is 248 g/mol. The number of carboxylic acid groups (broad SMARTS) is 1. The quantitative estimate of drug-likeness (QED) is 0.599. The minimum Gasteiger partial charge on any atom is -0.481 e. The fourth-order valence-electron chi connectivity index (χ4n) is 1.49. The molecular weight excluding hydrogens is 232 g/mol. The summed E-state index contributed by atoms with van der Waals surface area (Å²) >= 11 is 0. The van der Waals surface area contributed by atoms with Crippen LogP contribution in [0.3, 0.4) is 0 Å². The highest BCUT2D eigenvalue weighted by molar-refractivity contribution is 5.91. The van der Waals surface area contributed by atoms with E-state index >= 15 is 0 Å². The number of hydrogen-bond acceptors (Lipinski definition) is 3. The van der Waals surface area contributed by atoms with Crippen molar-refractivity contribution in [1.29, 1.82) is 0 Å². The first-order chi connectivity index (χ1) is 8.54. The summed E-state index contributed by atoms with van der Waals surface area (Å²) < 4.78 is 5.17. The minimum atomic E-state index is -0.940. The maximum absolute atomic E-state index is 11.6. The van der Waals surface area contributed by atoms with Gasteiger partial charge in [-0.3, -0.25) is 4.79 Å². The Hall–Kier alpha value is -2.10. The zero-order valence-corrected chi connectivity index (χ0v) is 10.3. The molecule has 0 spiro atoms. The van der Waals surface area contributed by atoms with E-state index in [0.29, 0.717) is 11.1 Å². The van der Waals surface area contributed by atoms with Crippen molar-refractivity contribution in [3.8, 4) is 0 Å². The zero-order valence-electron chi connectivity index (χ0n) is 10.3. The molecule has 18 heavy (non-hydrogen) atoms. The van der Waals surface area contributed by atoms with Crippen LogP contribution in [0.25, 0.3) is 0 Å². The van der Waals surface area contributed by atoms with E-state index < -0.39 is 18.0 Å². The molecule has 4 heteroatoms. The lowest BCUT2D eigenvalue weighted by Gasteiger charge is -2.21. The Labute approximate surface area is 106 Å². The summed E-state index contributed by atoms with van der Waals surface area (Å²) in [6, 6.07) is 0. The molecule has 0 aromatic heterocycles. The van der Waals surface area contributed by atoms with Crippen molar-refractivity contribution in [2.45, 2.75) is 25.9 Å². The maximum Gasteiger partial charge on any atom is 0.334 e. The van der Waals surface area contributed by atoms with Gasteiger partial charge in [0.25, 0.3) is 0 Å². The molecule has 1 aliphatic rings. The number of aliphatic carboxylic acids is 1. The lowest BCUT2D eigenvalue weighted by atomic mass is 10.0. The molecule has 0 bridgehead atoms. The normalized spacial score (nSPS) is 20.3. The van der Waals surface area contributed by atoms with Gasteiger partial charge in [-0.25, -0.2) is 4.79 Å². The van der Waals surface area contributed by atoms with Crippen molar-refractivity contribution in [3.05, 3.63) is 48.1 Å². The Bertz CT molecular complexity index is 441. The molecule has 0 amide bonds. The van der Waals surface area contributed by atoms with Crippen LogP contribution in [0, 0.1) is 0 Å². The van der Waals surface area contributed by atoms with Gasteiger partial charge in [-0.05, 0) is 31.1 Å². The summed E-state index contributed by atoms with van der Waals surface area (Å²) in [4.78, 5) is 22.1. The minimum absolute atomic E-state index is 0.0900. The standard InChI is InChI=1S/C14H16O4/c1-3-4-5-6-12-10(2)9-11(14(17)18-12)7-8-13(15)16/h3-6,9,12H,2,7-8H2,1H3,(H,15,16)/b4-3?,6-5+. The molecule has 0 aromatic rings. The van der Waals surface area contributed by atoms with Crippen molar-refractivity contribution in [2.75, 3.05) is 0 Å². The van der Waals surface area contributed by atoms with Crippen LogP contribution in [-0.4, -0.2) is 23.1 Å². The van der Waals surface area contributed by atoms with Gasteiger partial charge >= 0.3 is 11.9 Å². The summed E-state index contributed by atoms with van der Waals surface area (Å²) in [6.45, 7) is 5.69. The summed E-state index contributed by atoms with van der Waals surface area (Å²) in [6.07, 6.45) is 8.40. The molecule has 1 unspecified atom stereocenters. The number of ether oxygens (including phenoxy) is 1. The molecule has 0 saturated carbocycles. The fourth-order valence-corrected chi connectivity index (χ4v) is 1.49. The highest BCUT2D eigenvalue weighted by atomic mass is 16.5. The van der Waals surface area contributed by atoms with Crippen LogP contribution in [0.15, 0.2) is 48.1 Å². The number of cyclic esters (lactones) is 1. The highest BCUT2D eigenvalue weighted by Gasteiger charge is 2.23. The molecule has 96 valence electrons. The molecule has 0 aromatic carbocycles. The highest BCUT2D eigenvalue weighted by Crippen LogP contribution is 2.22. The summed E-state index contributed by atoms with van der Waals surface area (Å²) in [5.74, 6) is -1.41. The molecule has 1 aliphatic heterocycles. The first kappa shape index (κ1) is 14.0. The van der Waals surface area contributed by atoms with E-state index in [-0.39, 0.29) is 12.8 Å². The van der Waals surface area contributed by atoms with Crippen LogP contribution in [0.1, 0.15) is 19.8 Å². The van der Waals surface area contributed by atoms with E-state index in [1.54, 1.807) is 18.2 Å². The van der Waals surface area contributed by atoms with Gasteiger partial charge in [0.15, 0.2) is 0 Å². The predicted octanol–water partition coefficient (Wildman–Crippen LogP) is 2.39. The SMILES string of the molecule is C=C1C=C(CCC(=O)O)C(=O)OC1/C=C/C=CC. The van der Waals surface area contributed by atoms with Crippen LogP contribution in [0.4, 0.5) is 0 Å². The van der Waals surface area contributed by atoms with Gasteiger partial charge in [0.2, 0.25) is 0 Å². The molecular formula is C14H16O4. The van der Waals surface area contributed by atoms with E-state index in [1.807, 2.05) is 19.1 Å². The van der Waals surface area contributed by atoms with Crippen LogP contribution in [0.2, 0.25) is 0 Å². The van der Waals surface area contributed by atoms with E-state index in [1.165, 1.54) is 0 Å². The van der Waals surface area contributed by atoms with Crippen molar-refractivity contribution in [1.82, 2.24) is 0 Å². The third-order valence-corrected chi connectivity index (χ3v) is 2.42. The molecule has 0 saturated heterocycles. The average Bonchev–Trinajstić information content (AvgIpc) is 2.31. The van der Waals surface area contributed by atoms with Crippen molar-refractivity contribution < 1.29 is 19.4 Å². The molecule has 4 nitrogen and oxygen atoms in total. The number of carbonyl (C=O) groups excluding carboxylic acids is 1.